The first-order valence-electron chi connectivity index (χ1n) is 6.35. The molecule has 8 heteroatoms. The maximum atomic E-state index is 12.2. The summed E-state index contributed by atoms with van der Waals surface area (Å²) >= 11 is 0. The fourth-order valence-corrected chi connectivity index (χ4v) is 3.55. The molecule has 1 aliphatic rings. The van der Waals surface area contributed by atoms with Crippen molar-refractivity contribution in [2.75, 3.05) is 17.8 Å². The number of aromatic carboxylic acids is 1. The molecule has 20 heavy (non-hydrogen) atoms. The molecule has 2 N–H and O–H groups in total. The molecule has 1 atom stereocenters. The van der Waals surface area contributed by atoms with Crippen LogP contribution in [0.5, 0.6) is 0 Å². The van der Waals surface area contributed by atoms with Crippen molar-refractivity contribution in [2.45, 2.75) is 19.8 Å². The third-order valence-electron chi connectivity index (χ3n) is 3.19. The van der Waals surface area contributed by atoms with Crippen molar-refractivity contribution in [1.29, 1.82) is 0 Å². The van der Waals surface area contributed by atoms with Crippen LogP contribution in [0, 0.1) is 5.92 Å². The first-order valence-corrected chi connectivity index (χ1v) is 7.79. The van der Waals surface area contributed by atoms with E-state index in [0.717, 1.165) is 12.8 Å². The zero-order valence-electron chi connectivity index (χ0n) is 11.1. The Kier molecular flexibility index (Phi) is 4.24. The SMILES string of the molecule is CC1CCCN(S(=O)(=O)Nc2cncc(C(=O)O)c2)C1. The number of nitrogens with zero attached hydrogens (tertiary/aromatic N) is 2. The van der Waals surface area contributed by atoms with E-state index >= 15 is 0 Å². The van der Waals surface area contributed by atoms with Crippen LogP contribution in [-0.2, 0) is 10.2 Å². The average Bonchev–Trinajstić information content (AvgIpc) is 2.38. The quantitative estimate of drug-likeness (QED) is 0.869. The number of carboxylic acids is 1. The summed E-state index contributed by atoms with van der Waals surface area (Å²) in [4.78, 5) is 14.6. The van der Waals surface area contributed by atoms with Gasteiger partial charge in [0.25, 0.3) is 0 Å². The van der Waals surface area contributed by atoms with Crippen LogP contribution < -0.4 is 4.72 Å². The first kappa shape index (κ1) is 14.7. The Morgan fingerprint density at radius 1 is 1.50 bits per heavy atom. The molecule has 1 fully saturated rings. The third-order valence-corrected chi connectivity index (χ3v) is 4.70. The van der Waals surface area contributed by atoms with E-state index in [-0.39, 0.29) is 11.3 Å². The summed E-state index contributed by atoms with van der Waals surface area (Å²) in [6, 6.07) is 1.25. The Hall–Kier alpha value is -1.67. The zero-order chi connectivity index (χ0) is 14.8. The van der Waals surface area contributed by atoms with Crippen LogP contribution in [0.15, 0.2) is 18.5 Å². The lowest BCUT2D eigenvalue weighted by atomic mass is 10.0. The van der Waals surface area contributed by atoms with Gasteiger partial charge in [-0.25, -0.2) is 4.79 Å². The predicted molar refractivity (Wildman–Crippen MR) is 73.7 cm³/mol. The average molecular weight is 299 g/mol. The number of nitrogens with one attached hydrogen (secondary N) is 1. The van der Waals surface area contributed by atoms with E-state index in [0.29, 0.717) is 19.0 Å². The summed E-state index contributed by atoms with van der Waals surface area (Å²) in [6.07, 6.45) is 4.30. The van der Waals surface area contributed by atoms with Crippen LogP contribution in [0.1, 0.15) is 30.1 Å². The van der Waals surface area contributed by atoms with E-state index in [4.69, 9.17) is 5.11 Å². The van der Waals surface area contributed by atoms with Crippen molar-refractivity contribution in [3.05, 3.63) is 24.0 Å². The molecule has 0 bridgehead atoms. The normalized spacial score (nSPS) is 20.6. The van der Waals surface area contributed by atoms with Crippen molar-refractivity contribution >= 4 is 21.9 Å². The van der Waals surface area contributed by atoms with Gasteiger partial charge in [0, 0.05) is 19.3 Å². The van der Waals surface area contributed by atoms with Gasteiger partial charge in [-0.1, -0.05) is 6.92 Å². The fourth-order valence-electron chi connectivity index (χ4n) is 2.19. The number of pyridine rings is 1. The Morgan fingerprint density at radius 3 is 2.90 bits per heavy atom. The van der Waals surface area contributed by atoms with Gasteiger partial charge in [-0.2, -0.15) is 12.7 Å². The number of rotatable bonds is 4. The molecule has 2 rings (SSSR count). The number of hydrogen-bond acceptors (Lipinski definition) is 4. The van der Waals surface area contributed by atoms with Gasteiger partial charge in [-0.05, 0) is 24.8 Å². The highest BCUT2D eigenvalue weighted by Gasteiger charge is 2.27. The lowest BCUT2D eigenvalue weighted by molar-refractivity contribution is 0.0696. The predicted octanol–water partition coefficient (Wildman–Crippen LogP) is 1.17. The second-order valence-electron chi connectivity index (χ2n) is 4.98. The van der Waals surface area contributed by atoms with E-state index in [1.807, 2.05) is 6.92 Å². The number of carbonyl (C=O) groups is 1. The largest absolute Gasteiger partial charge is 0.478 e. The molecule has 0 aliphatic carbocycles. The second kappa shape index (κ2) is 5.76. The zero-order valence-corrected chi connectivity index (χ0v) is 11.9. The molecular weight excluding hydrogens is 282 g/mol. The van der Waals surface area contributed by atoms with E-state index in [9.17, 15) is 13.2 Å². The number of hydrogen-bond donors (Lipinski definition) is 2. The highest BCUT2D eigenvalue weighted by atomic mass is 32.2. The van der Waals surface area contributed by atoms with Crippen molar-refractivity contribution in [3.8, 4) is 0 Å². The topological polar surface area (TPSA) is 99.6 Å². The second-order valence-corrected chi connectivity index (χ2v) is 6.65. The lowest BCUT2D eigenvalue weighted by Gasteiger charge is -2.30. The number of aromatic nitrogens is 1. The van der Waals surface area contributed by atoms with Crippen molar-refractivity contribution in [2.24, 2.45) is 5.92 Å². The van der Waals surface area contributed by atoms with E-state index in [1.54, 1.807) is 0 Å². The van der Waals surface area contributed by atoms with Gasteiger partial charge in [-0.3, -0.25) is 9.71 Å². The standard InChI is InChI=1S/C12H17N3O4S/c1-9-3-2-4-15(8-9)20(18,19)14-11-5-10(12(16)17)6-13-7-11/h5-7,9,14H,2-4,8H2,1H3,(H,16,17). The molecule has 1 aromatic heterocycles. The Labute approximate surface area is 117 Å². The summed E-state index contributed by atoms with van der Waals surface area (Å²) in [5, 5.41) is 8.86. The van der Waals surface area contributed by atoms with Crippen molar-refractivity contribution in [1.82, 2.24) is 9.29 Å². The van der Waals surface area contributed by atoms with E-state index in [2.05, 4.69) is 9.71 Å². The maximum absolute atomic E-state index is 12.2. The van der Waals surface area contributed by atoms with Gasteiger partial charge >= 0.3 is 16.2 Å². The van der Waals surface area contributed by atoms with Gasteiger partial charge in [0.15, 0.2) is 0 Å². The minimum atomic E-state index is -3.66. The fraction of sp³-hybridized carbons (Fsp3) is 0.500. The molecule has 1 unspecified atom stereocenters. The number of anilines is 1. The van der Waals surface area contributed by atoms with Crippen LogP contribution >= 0.6 is 0 Å². The Morgan fingerprint density at radius 2 is 2.25 bits per heavy atom. The highest BCUT2D eigenvalue weighted by molar-refractivity contribution is 7.90. The minimum Gasteiger partial charge on any atom is -0.478 e. The van der Waals surface area contributed by atoms with Crippen molar-refractivity contribution in [3.63, 3.8) is 0 Å². The van der Waals surface area contributed by atoms with Crippen LogP contribution in [0.4, 0.5) is 5.69 Å². The Bertz CT molecular complexity index is 602. The summed E-state index contributed by atoms with van der Waals surface area (Å²) in [6.45, 7) is 2.96. The molecule has 7 nitrogen and oxygen atoms in total. The van der Waals surface area contributed by atoms with Gasteiger partial charge in [0.1, 0.15) is 0 Å². The van der Waals surface area contributed by atoms with Crippen LogP contribution in [0.25, 0.3) is 0 Å². The molecule has 0 aromatic carbocycles. The molecule has 1 saturated heterocycles. The van der Waals surface area contributed by atoms with Gasteiger partial charge in [-0.15, -0.1) is 0 Å². The van der Waals surface area contributed by atoms with Crippen molar-refractivity contribution < 1.29 is 18.3 Å². The smallest absolute Gasteiger partial charge is 0.337 e. The lowest BCUT2D eigenvalue weighted by Crippen LogP contribution is -2.42. The maximum Gasteiger partial charge on any atom is 0.337 e. The van der Waals surface area contributed by atoms with Crippen LogP contribution in [0.3, 0.4) is 0 Å². The molecule has 0 spiro atoms. The van der Waals surface area contributed by atoms with Gasteiger partial charge < -0.3 is 5.11 Å². The first-order chi connectivity index (χ1) is 9.38. The summed E-state index contributed by atoms with van der Waals surface area (Å²) in [5.74, 6) is -0.825. The van der Waals surface area contributed by atoms with E-state index in [1.165, 1.54) is 22.8 Å². The van der Waals surface area contributed by atoms with Crippen LogP contribution in [0.2, 0.25) is 0 Å². The van der Waals surface area contributed by atoms with Gasteiger partial charge in [0.2, 0.25) is 0 Å². The molecule has 2 heterocycles. The molecule has 0 amide bonds. The minimum absolute atomic E-state index is 0.0581. The molecule has 110 valence electrons. The van der Waals surface area contributed by atoms with E-state index < -0.39 is 16.2 Å². The highest BCUT2D eigenvalue weighted by Crippen LogP contribution is 2.20. The number of piperidine rings is 1. The number of carboxylic acid groups (broad SMARTS) is 1. The Balaban J connectivity index is 2.15. The molecule has 0 saturated carbocycles. The monoisotopic (exact) mass is 299 g/mol. The summed E-state index contributed by atoms with van der Waals surface area (Å²) < 4.78 is 28.2. The molecular formula is C12H17N3O4S. The molecule has 0 radical (unpaired) electrons. The van der Waals surface area contributed by atoms with Crippen LogP contribution in [-0.4, -0.2) is 41.9 Å². The third kappa shape index (κ3) is 3.45. The summed E-state index contributed by atoms with van der Waals surface area (Å²) in [7, 11) is -3.66. The molecule has 1 aromatic rings. The van der Waals surface area contributed by atoms with Gasteiger partial charge in [0.05, 0.1) is 17.4 Å². The molecule has 1 aliphatic heterocycles. The summed E-state index contributed by atoms with van der Waals surface area (Å²) in [5.41, 5.74) is 0.0975.